The summed E-state index contributed by atoms with van der Waals surface area (Å²) < 4.78 is 32.8. The summed E-state index contributed by atoms with van der Waals surface area (Å²) in [5.74, 6) is -1.26. The van der Waals surface area contributed by atoms with Crippen molar-refractivity contribution in [3.63, 3.8) is 0 Å². The molecule has 1 N–H and O–H groups in total. The number of nitrogens with zero attached hydrogens (tertiary/aromatic N) is 1. The fourth-order valence-electron chi connectivity index (χ4n) is 3.43. The van der Waals surface area contributed by atoms with Gasteiger partial charge < -0.3 is 9.90 Å². The third-order valence-corrected chi connectivity index (χ3v) is 5.45. The molecule has 0 bridgehead atoms. The van der Waals surface area contributed by atoms with E-state index in [0.717, 1.165) is 24.9 Å². The summed E-state index contributed by atoms with van der Waals surface area (Å²) in [6.45, 7) is 2.67. The van der Waals surface area contributed by atoms with Gasteiger partial charge in [0.15, 0.2) is 6.21 Å². The van der Waals surface area contributed by atoms with E-state index in [9.17, 15) is 18.3 Å². The van der Waals surface area contributed by atoms with E-state index in [4.69, 9.17) is 4.55 Å². The first-order valence-corrected chi connectivity index (χ1v) is 10.2. The molecule has 1 heterocycles. The number of rotatable bonds is 10. The Kier molecular flexibility index (Phi) is 6.35. The fourth-order valence-corrected chi connectivity index (χ4v) is 3.92. The van der Waals surface area contributed by atoms with E-state index in [2.05, 4.69) is 23.8 Å². The highest BCUT2D eigenvalue weighted by Crippen LogP contribution is 2.39. The lowest BCUT2D eigenvalue weighted by Crippen LogP contribution is -2.23. The first-order valence-electron chi connectivity index (χ1n) is 8.58. The Balaban J connectivity index is 2.03. The average molecular weight is 367 g/mol. The third kappa shape index (κ3) is 5.64. The van der Waals surface area contributed by atoms with Crippen LogP contribution < -0.4 is 5.11 Å². The highest BCUT2D eigenvalue weighted by Gasteiger charge is 2.39. The number of carbonyl (C=O) groups excluding carboxylic acids is 1. The van der Waals surface area contributed by atoms with Gasteiger partial charge in [0.25, 0.3) is 10.1 Å². The van der Waals surface area contributed by atoms with Crippen LogP contribution in [0.1, 0.15) is 51.0 Å². The predicted octanol–water partition coefficient (Wildman–Crippen LogP) is 1.65. The molecule has 1 aromatic rings. The minimum atomic E-state index is -3.94. The van der Waals surface area contributed by atoms with Crippen LogP contribution in [0.5, 0.6) is 0 Å². The van der Waals surface area contributed by atoms with Crippen LogP contribution in [0.4, 0.5) is 5.69 Å². The van der Waals surface area contributed by atoms with Crippen LogP contribution in [-0.2, 0) is 20.3 Å². The SMILES string of the molecule is CC1(CCCCCC(=O)[O-])C=[N+](CCCS(=O)(=O)O)c2ccccc21. The molecular formula is C18H25NO5S. The smallest absolute Gasteiger partial charge is 0.265 e. The van der Waals surface area contributed by atoms with Crippen LogP contribution in [0.25, 0.3) is 0 Å². The van der Waals surface area contributed by atoms with Gasteiger partial charge in [0.1, 0.15) is 6.54 Å². The Morgan fingerprint density at radius 2 is 1.92 bits per heavy atom. The molecule has 138 valence electrons. The maximum Gasteiger partial charge on any atom is 0.265 e. The lowest BCUT2D eigenvalue weighted by molar-refractivity contribution is -0.433. The van der Waals surface area contributed by atoms with Crippen LogP contribution in [-0.4, -0.2) is 42.0 Å². The van der Waals surface area contributed by atoms with Gasteiger partial charge in [-0.2, -0.15) is 8.42 Å². The van der Waals surface area contributed by atoms with Crippen molar-refractivity contribution < 1.29 is 27.4 Å². The first kappa shape index (κ1) is 19.6. The second kappa shape index (κ2) is 8.10. The zero-order chi connectivity index (χ0) is 18.5. The number of carboxylic acid groups (broad SMARTS) is 1. The molecule has 6 nitrogen and oxygen atoms in total. The van der Waals surface area contributed by atoms with Crippen molar-refractivity contribution in [2.75, 3.05) is 12.3 Å². The van der Waals surface area contributed by atoms with E-state index < -0.39 is 16.1 Å². The van der Waals surface area contributed by atoms with E-state index in [-0.39, 0.29) is 17.6 Å². The van der Waals surface area contributed by atoms with Crippen LogP contribution in [0.15, 0.2) is 24.3 Å². The summed E-state index contributed by atoms with van der Waals surface area (Å²) in [6.07, 6.45) is 5.84. The van der Waals surface area contributed by atoms with Crippen molar-refractivity contribution in [1.82, 2.24) is 0 Å². The molecule has 2 rings (SSSR count). The molecule has 25 heavy (non-hydrogen) atoms. The number of unbranched alkanes of at least 4 members (excludes halogenated alkanes) is 2. The van der Waals surface area contributed by atoms with Gasteiger partial charge in [0.2, 0.25) is 5.69 Å². The van der Waals surface area contributed by atoms with E-state index in [1.54, 1.807) is 0 Å². The number of hydrogen-bond donors (Lipinski definition) is 1. The molecule has 0 amide bonds. The highest BCUT2D eigenvalue weighted by molar-refractivity contribution is 7.85. The normalized spacial score (nSPS) is 19.5. The Labute approximate surface area is 148 Å². The largest absolute Gasteiger partial charge is 0.550 e. The molecule has 0 saturated heterocycles. The Hall–Kier alpha value is -1.73. The first-order chi connectivity index (χ1) is 11.7. The fraction of sp³-hybridized carbons (Fsp3) is 0.556. The van der Waals surface area contributed by atoms with Crippen molar-refractivity contribution in [3.05, 3.63) is 29.8 Å². The molecule has 0 fully saturated rings. The van der Waals surface area contributed by atoms with Gasteiger partial charge in [-0.1, -0.05) is 31.0 Å². The number of fused-ring (bicyclic) bond motifs is 1. The van der Waals surface area contributed by atoms with Crippen LogP contribution in [0, 0.1) is 0 Å². The molecule has 0 saturated carbocycles. The number of hydrogen-bond acceptors (Lipinski definition) is 4. The van der Waals surface area contributed by atoms with Gasteiger partial charge >= 0.3 is 0 Å². The predicted molar refractivity (Wildman–Crippen MR) is 93.8 cm³/mol. The zero-order valence-corrected chi connectivity index (χ0v) is 15.3. The van der Waals surface area contributed by atoms with E-state index in [1.165, 1.54) is 5.56 Å². The minimum Gasteiger partial charge on any atom is -0.550 e. The Bertz CT molecular complexity index is 756. The molecule has 0 spiro atoms. The van der Waals surface area contributed by atoms with Gasteiger partial charge in [-0.3, -0.25) is 4.55 Å². The molecule has 0 radical (unpaired) electrons. The average Bonchev–Trinajstić information content (AvgIpc) is 2.79. The standard InChI is InChI=1S/C18H25NO5S/c1-18(11-6-2-3-10-17(20)21)14-19(12-7-13-25(22,23)24)16-9-5-4-8-15(16)18/h4-5,8-9,14H,2-3,6-7,10-13H2,1H3,(H-,20,21,22,23,24). The van der Waals surface area contributed by atoms with Crippen molar-refractivity contribution in [3.8, 4) is 0 Å². The summed E-state index contributed by atoms with van der Waals surface area (Å²) in [5, 5.41) is 10.5. The van der Waals surface area contributed by atoms with E-state index in [0.29, 0.717) is 19.4 Å². The molecule has 0 aliphatic carbocycles. The van der Waals surface area contributed by atoms with E-state index in [1.807, 2.05) is 18.2 Å². The maximum absolute atomic E-state index is 10.9. The van der Waals surface area contributed by atoms with Gasteiger partial charge in [0.05, 0.1) is 11.2 Å². The van der Waals surface area contributed by atoms with Crippen molar-refractivity contribution >= 4 is 28.0 Å². The maximum atomic E-state index is 10.9. The summed E-state index contributed by atoms with van der Waals surface area (Å²) in [5.41, 5.74) is 2.10. The summed E-state index contributed by atoms with van der Waals surface area (Å²) >= 11 is 0. The van der Waals surface area contributed by atoms with Gasteiger partial charge in [-0.15, -0.1) is 0 Å². The van der Waals surface area contributed by atoms with Crippen molar-refractivity contribution in [1.29, 1.82) is 0 Å². The summed E-state index contributed by atoms with van der Waals surface area (Å²) in [7, 11) is -3.94. The van der Waals surface area contributed by atoms with Crippen LogP contribution in [0.2, 0.25) is 0 Å². The zero-order valence-electron chi connectivity index (χ0n) is 14.5. The second-order valence-corrected chi connectivity index (χ2v) is 8.40. The topological polar surface area (TPSA) is 97.5 Å². The third-order valence-electron chi connectivity index (χ3n) is 4.65. The summed E-state index contributed by atoms with van der Waals surface area (Å²) in [6, 6.07) is 8.03. The number of benzene rings is 1. The Morgan fingerprint density at radius 3 is 2.60 bits per heavy atom. The molecule has 1 aliphatic heterocycles. The number of carbonyl (C=O) groups is 1. The number of carboxylic acids is 1. The highest BCUT2D eigenvalue weighted by atomic mass is 32.2. The number of aliphatic carboxylic acids is 1. The second-order valence-electron chi connectivity index (χ2n) is 6.83. The van der Waals surface area contributed by atoms with E-state index >= 15 is 0 Å². The number of para-hydroxylation sites is 1. The quantitative estimate of drug-likeness (QED) is 0.385. The van der Waals surface area contributed by atoms with Crippen molar-refractivity contribution in [2.45, 2.75) is 50.9 Å². The van der Waals surface area contributed by atoms with Gasteiger partial charge in [0, 0.05) is 24.0 Å². The molecule has 7 heteroatoms. The van der Waals surface area contributed by atoms with Gasteiger partial charge in [-0.05, 0) is 26.2 Å². The molecular weight excluding hydrogens is 342 g/mol. The van der Waals surface area contributed by atoms with Crippen LogP contribution in [0.3, 0.4) is 0 Å². The molecule has 1 aliphatic rings. The summed E-state index contributed by atoms with van der Waals surface area (Å²) in [4.78, 5) is 10.5. The monoisotopic (exact) mass is 367 g/mol. The molecule has 1 unspecified atom stereocenters. The minimum absolute atomic E-state index is 0.0960. The van der Waals surface area contributed by atoms with Crippen molar-refractivity contribution in [2.24, 2.45) is 0 Å². The molecule has 0 aromatic heterocycles. The molecule has 1 atom stereocenters. The van der Waals surface area contributed by atoms with Crippen LogP contribution >= 0.6 is 0 Å². The Morgan fingerprint density at radius 1 is 1.20 bits per heavy atom. The molecule has 1 aromatic carbocycles. The van der Waals surface area contributed by atoms with Gasteiger partial charge in [-0.25, -0.2) is 4.58 Å². The lowest BCUT2D eigenvalue weighted by Gasteiger charge is -2.18. The lowest BCUT2D eigenvalue weighted by atomic mass is 9.80.